The summed E-state index contributed by atoms with van der Waals surface area (Å²) < 4.78 is 10.7. The van der Waals surface area contributed by atoms with Gasteiger partial charge in [0.2, 0.25) is 5.89 Å². The zero-order valence-electron chi connectivity index (χ0n) is 16.0. The van der Waals surface area contributed by atoms with Crippen LogP contribution in [0.5, 0.6) is 5.75 Å². The molecule has 0 saturated heterocycles. The van der Waals surface area contributed by atoms with Crippen LogP contribution >= 0.6 is 24.0 Å². The Morgan fingerprint density at radius 2 is 1.96 bits per heavy atom. The van der Waals surface area contributed by atoms with E-state index in [0.717, 1.165) is 17.9 Å². The van der Waals surface area contributed by atoms with Crippen LogP contribution in [-0.4, -0.2) is 29.8 Å². The molecule has 0 unspecified atom stereocenters. The monoisotopic (exact) mass is 473 g/mol. The fraction of sp³-hybridized carbons (Fsp3) is 0.500. The van der Waals surface area contributed by atoms with Crippen LogP contribution in [0.2, 0.25) is 0 Å². The Morgan fingerprint density at radius 1 is 1.23 bits per heavy atom. The van der Waals surface area contributed by atoms with Crippen LogP contribution in [0, 0.1) is 0 Å². The summed E-state index contributed by atoms with van der Waals surface area (Å²) in [4.78, 5) is 9.01. The molecule has 0 saturated carbocycles. The number of nitrogens with one attached hydrogen (secondary N) is 2. The Hall–Kier alpha value is -1.84. The normalized spacial score (nSPS) is 11.7. The molecule has 2 N–H and O–H groups in total. The van der Waals surface area contributed by atoms with E-state index in [1.165, 1.54) is 0 Å². The molecule has 26 heavy (non-hydrogen) atoms. The zero-order chi connectivity index (χ0) is 18.3. The summed E-state index contributed by atoms with van der Waals surface area (Å²) in [5.41, 5.74) is 0.866. The highest BCUT2D eigenvalue weighted by Gasteiger charge is 2.21. The van der Waals surface area contributed by atoms with Crippen LogP contribution in [0.25, 0.3) is 0 Å². The lowest BCUT2D eigenvalue weighted by Crippen LogP contribution is -2.37. The number of nitrogens with zero attached hydrogens (tertiary/aromatic N) is 3. The number of methoxy groups -OCH3 is 1. The molecule has 0 spiro atoms. The van der Waals surface area contributed by atoms with Crippen LogP contribution in [0.3, 0.4) is 0 Å². The summed E-state index contributed by atoms with van der Waals surface area (Å²) in [6, 6.07) is 7.85. The van der Waals surface area contributed by atoms with Gasteiger partial charge in [0.1, 0.15) is 5.75 Å². The van der Waals surface area contributed by atoms with E-state index in [0.29, 0.717) is 30.8 Å². The lowest BCUT2D eigenvalue weighted by atomic mass is 9.97. The molecule has 0 aliphatic carbocycles. The van der Waals surface area contributed by atoms with Crippen molar-refractivity contribution in [3.8, 4) is 5.75 Å². The molecule has 0 aliphatic rings. The molecule has 0 atom stereocenters. The van der Waals surface area contributed by atoms with Gasteiger partial charge in [-0.3, -0.25) is 0 Å². The molecule has 1 aromatic carbocycles. The van der Waals surface area contributed by atoms with E-state index >= 15 is 0 Å². The second kappa shape index (κ2) is 10.3. The summed E-state index contributed by atoms with van der Waals surface area (Å²) in [6.45, 7) is 9.85. The van der Waals surface area contributed by atoms with Gasteiger partial charge < -0.3 is 19.9 Å². The van der Waals surface area contributed by atoms with Gasteiger partial charge >= 0.3 is 0 Å². The van der Waals surface area contributed by atoms with E-state index < -0.39 is 0 Å². The van der Waals surface area contributed by atoms with E-state index in [2.05, 4.69) is 25.8 Å². The molecule has 0 aliphatic heterocycles. The van der Waals surface area contributed by atoms with Gasteiger partial charge in [0.15, 0.2) is 11.8 Å². The first-order valence-corrected chi connectivity index (χ1v) is 8.41. The highest BCUT2D eigenvalue weighted by Crippen LogP contribution is 2.19. The van der Waals surface area contributed by atoms with Gasteiger partial charge in [-0.1, -0.05) is 44.1 Å². The molecule has 144 valence electrons. The van der Waals surface area contributed by atoms with Crippen LogP contribution in [-0.2, 0) is 18.5 Å². The molecule has 0 bridgehead atoms. The van der Waals surface area contributed by atoms with Gasteiger partial charge in [-0.25, -0.2) is 4.99 Å². The Labute approximate surface area is 172 Å². The summed E-state index contributed by atoms with van der Waals surface area (Å²) in [5, 5.41) is 10.4. The number of hydrogen-bond donors (Lipinski definition) is 2. The van der Waals surface area contributed by atoms with Crippen molar-refractivity contribution in [1.82, 2.24) is 20.8 Å². The summed E-state index contributed by atoms with van der Waals surface area (Å²) >= 11 is 0. The van der Waals surface area contributed by atoms with E-state index in [4.69, 9.17) is 9.26 Å². The van der Waals surface area contributed by atoms with Crippen molar-refractivity contribution >= 4 is 29.9 Å². The van der Waals surface area contributed by atoms with Gasteiger partial charge in [-0.2, -0.15) is 4.98 Å². The van der Waals surface area contributed by atoms with Gasteiger partial charge in [0, 0.05) is 17.5 Å². The van der Waals surface area contributed by atoms with Crippen molar-refractivity contribution in [3.63, 3.8) is 0 Å². The van der Waals surface area contributed by atoms with Crippen LogP contribution < -0.4 is 15.4 Å². The number of ether oxygens (including phenoxy) is 1. The largest absolute Gasteiger partial charge is 0.496 e. The second-order valence-corrected chi connectivity index (χ2v) is 6.63. The Bertz CT molecular complexity index is 710. The Morgan fingerprint density at radius 3 is 2.58 bits per heavy atom. The van der Waals surface area contributed by atoms with Crippen LogP contribution in [0.4, 0.5) is 0 Å². The molecule has 2 aromatic rings. The zero-order valence-corrected chi connectivity index (χ0v) is 18.3. The smallest absolute Gasteiger partial charge is 0.232 e. The van der Waals surface area contributed by atoms with E-state index in [-0.39, 0.29) is 29.4 Å². The van der Waals surface area contributed by atoms with Crippen molar-refractivity contribution in [2.75, 3.05) is 13.7 Å². The first kappa shape index (κ1) is 22.2. The number of aromatic nitrogens is 2. The standard InChI is InChI=1S/C18H27N5O2.HI/c1-6-19-17(20-11-13-9-7-8-10-14(13)24-5)21-12-15-22-16(25-23-15)18(2,3)4;/h7-10H,6,11-12H2,1-5H3,(H2,19,20,21);1H. The predicted molar refractivity (Wildman–Crippen MR) is 113 cm³/mol. The maximum Gasteiger partial charge on any atom is 0.232 e. The molecular formula is C18H28IN5O2. The van der Waals surface area contributed by atoms with Gasteiger partial charge in [-0.05, 0) is 13.0 Å². The summed E-state index contributed by atoms with van der Waals surface area (Å²) in [5.74, 6) is 2.75. The number of aliphatic imine (C=N–C) groups is 1. The summed E-state index contributed by atoms with van der Waals surface area (Å²) in [6.07, 6.45) is 0. The summed E-state index contributed by atoms with van der Waals surface area (Å²) in [7, 11) is 1.66. The molecular weight excluding hydrogens is 445 g/mol. The minimum Gasteiger partial charge on any atom is -0.496 e. The minimum atomic E-state index is -0.159. The minimum absolute atomic E-state index is 0. The lowest BCUT2D eigenvalue weighted by molar-refractivity contribution is 0.318. The van der Waals surface area contributed by atoms with Crippen LogP contribution in [0.1, 0.15) is 45.0 Å². The molecule has 0 fully saturated rings. The highest BCUT2D eigenvalue weighted by atomic mass is 127. The molecule has 0 radical (unpaired) electrons. The first-order chi connectivity index (χ1) is 11.9. The van der Waals surface area contributed by atoms with Crippen molar-refractivity contribution in [2.24, 2.45) is 4.99 Å². The highest BCUT2D eigenvalue weighted by molar-refractivity contribution is 14.0. The second-order valence-electron chi connectivity index (χ2n) is 6.63. The van der Waals surface area contributed by atoms with E-state index in [1.54, 1.807) is 7.11 Å². The Kier molecular flexibility index (Phi) is 8.83. The number of para-hydroxylation sites is 1. The molecule has 7 nitrogen and oxygen atoms in total. The topological polar surface area (TPSA) is 84.6 Å². The van der Waals surface area contributed by atoms with E-state index in [9.17, 15) is 0 Å². The van der Waals surface area contributed by atoms with Crippen molar-refractivity contribution in [1.29, 1.82) is 0 Å². The Balaban J connectivity index is 0.00000338. The maximum absolute atomic E-state index is 5.36. The SMILES string of the molecule is CCNC(=NCc1ccccc1OC)NCc1noc(C(C)(C)C)n1.I. The number of guanidine groups is 1. The first-order valence-electron chi connectivity index (χ1n) is 8.41. The fourth-order valence-corrected chi connectivity index (χ4v) is 2.13. The van der Waals surface area contributed by atoms with Crippen LogP contribution in [0.15, 0.2) is 33.8 Å². The van der Waals surface area contributed by atoms with Crippen molar-refractivity contribution in [2.45, 2.75) is 46.2 Å². The van der Waals surface area contributed by atoms with Crippen molar-refractivity contribution < 1.29 is 9.26 Å². The number of benzene rings is 1. The molecule has 0 amide bonds. The van der Waals surface area contributed by atoms with Gasteiger partial charge in [0.05, 0.1) is 20.2 Å². The average Bonchev–Trinajstić information content (AvgIpc) is 3.07. The lowest BCUT2D eigenvalue weighted by Gasteiger charge is -2.11. The van der Waals surface area contributed by atoms with Gasteiger partial charge in [-0.15, -0.1) is 24.0 Å². The molecule has 8 heteroatoms. The molecule has 1 heterocycles. The maximum atomic E-state index is 5.36. The number of rotatable bonds is 6. The third-order valence-electron chi connectivity index (χ3n) is 3.47. The van der Waals surface area contributed by atoms with Crippen molar-refractivity contribution in [3.05, 3.63) is 41.5 Å². The average molecular weight is 473 g/mol. The fourth-order valence-electron chi connectivity index (χ4n) is 2.13. The van der Waals surface area contributed by atoms with Gasteiger partial charge in [0.25, 0.3) is 0 Å². The number of hydrogen-bond acceptors (Lipinski definition) is 5. The number of halogens is 1. The van der Waals surface area contributed by atoms with E-state index in [1.807, 2.05) is 52.0 Å². The predicted octanol–water partition coefficient (Wildman–Crippen LogP) is 3.25. The molecule has 1 aromatic heterocycles. The third-order valence-corrected chi connectivity index (χ3v) is 3.47. The molecule has 2 rings (SSSR count). The quantitative estimate of drug-likeness (QED) is 0.381. The third kappa shape index (κ3) is 6.47.